The van der Waals surface area contributed by atoms with Crippen LogP contribution in [0.3, 0.4) is 0 Å². The van der Waals surface area contributed by atoms with E-state index < -0.39 is 5.97 Å². The van der Waals surface area contributed by atoms with Gasteiger partial charge in [-0.1, -0.05) is 47.6 Å². The molecule has 27 heavy (non-hydrogen) atoms. The summed E-state index contributed by atoms with van der Waals surface area (Å²) in [6, 6.07) is 20.9. The number of hydrogen-bond acceptors (Lipinski definition) is 5. The quantitative estimate of drug-likeness (QED) is 0.301. The van der Waals surface area contributed by atoms with Crippen molar-refractivity contribution in [3.8, 4) is 11.5 Å². The molecule has 0 radical (unpaired) electrons. The van der Waals surface area contributed by atoms with Crippen LogP contribution in [0.2, 0.25) is 0 Å². The Balaban J connectivity index is 1.49. The molecule has 0 fully saturated rings. The molecule has 0 saturated carbocycles. The third kappa shape index (κ3) is 5.22. The topological polar surface area (TPSA) is 83.1 Å². The second-order valence-electron chi connectivity index (χ2n) is 5.87. The summed E-state index contributed by atoms with van der Waals surface area (Å²) in [5, 5.41) is 5.79. The number of carbonyl (C=O) groups is 1. The van der Waals surface area contributed by atoms with Gasteiger partial charge in [0.15, 0.2) is 6.61 Å². The first-order chi connectivity index (χ1) is 13.1. The molecule has 0 saturated heterocycles. The number of amidine groups is 1. The minimum absolute atomic E-state index is 0.194. The number of fused-ring (bicyclic) bond motifs is 1. The predicted octanol–water partition coefficient (Wildman–Crippen LogP) is 3.29. The Morgan fingerprint density at radius 3 is 2.41 bits per heavy atom. The highest BCUT2D eigenvalue weighted by atomic mass is 16.7. The predicted molar refractivity (Wildman–Crippen MR) is 104 cm³/mol. The molecule has 0 unspecified atom stereocenters. The fraction of sp³-hybridized carbons (Fsp3) is 0.143. The maximum atomic E-state index is 11.8. The van der Waals surface area contributed by atoms with Crippen LogP contribution in [0.25, 0.3) is 10.8 Å². The van der Waals surface area contributed by atoms with Crippen LogP contribution in [-0.2, 0) is 16.1 Å². The molecule has 6 heteroatoms. The molecule has 2 N–H and O–H groups in total. The highest BCUT2D eigenvalue weighted by Gasteiger charge is 2.06. The van der Waals surface area contributed by atoms with Gasteiger partial charge in [-0.05, 0) is 40.6 Å². The highest BCUT2D eigenvalue weighted by Crippen LogP contribution is 2.20. The van der Waals surface area contributed by atoms with E-state index in [1.54, 1.807) is 13.2 Å². The highest BCUT2D eigenvalue weighted by molar-refractivity contribution is 5.84. The lowest BCUT2D eigenvalue weighted by Crippen LogP contribution is -2.18. The first-order valence-electron chi connectivity index (χ1n) is 8.41. The third-order valence-corrected chi connectivity index (χ3v) is 3.89. The lowest BCUT2D eigenvalue weighted by molar-refractivity contribution is -0.146. The van der Waals surface area contributed by atoms with Gasteiger partial charge in [-0.15, -0.1) is 0 Å². The lowest BCUT2D eigenvalue weighted by Gasteiger charge is -2.06. The molecule has 0 aromatic heterocycles. The van der Waals surface area contributed by atoms with Crippen molar-refractivity contribution in [2.24, 2.45) is 10.9 Å². The van der Waals surface area contributed by atoms with Crippen LogP contribution in [0, 0.1) is 0 Å². The van der Waals surface area contributed by atoms with E-state index in [2.05, 4.69) is 5.16 Å². The third-order valence-electron chi connectivity index (χ3n) is 3.89. The van der Waals surface area contributed by atoms with Crippen molar-refractivity contribution in [3.05, 3.63) is 72.3 Å². The number of hydrogen-bond donors (Lipinski definition) is 1. The lowest BCUT2D eigenvalue weighted by atomic mass is 10.1. The Kier molecular flexibility index (Phi) is 5.89. The molecular weight excluding hydrogens is 344 g/mol. The molecule has 0 heterocycles. The summed E-state index contributed by atoms with van der Waals surface area (Å²) in [6.07, 6.45) is 0.364. The number of benzene rings is 3. The Morgan fingerprint density at radius 1 is 0.963 bits per heavy atom. The van der Waals surface area contributed by atoms with E-state index in [4.69, 9.17) is 20.0 Å². The number of oxime groups is 1. The van der Waals surface area contributed by atoms with E-state index in [0.29, 0.717) is 12.2 Å². The molecule has 0 aliphatic rings. The molecule has 3 aromatic rings. The van der Waals surface area contributed by atoms with E-state index in [0.717, 1.165) is 22.1 Å². The number of ether oxygens (including phenoxy) is 2. The summed E-state index contributed by atoms with van der Waals surface area (Å²) in [5.74, 6) is 0.910. The summed E-state index contributed by atoms with van der Waals surface area (Å²) in [7, 11) is 1.60. The number of nitrogens with zero attached hydrogens (tertiary/aromatic N) is 1. The minimum atomic E-state index is -0.624. The van der Waals surface area contributed by atoms with Crippen LogP contribution in [0.5, 0.6) is 11.5 Å². The van der Waals surface area contributed by atoms with Crippen LogP contribution >= 0.6 is 0 Å². The van der Waals surface area contributed by atoms with Gasteiger partial charge in [0.05, 0.1) is 7.11 Å². The molecule has 0 aliphatic carbocycles. The average molecular weight is 364 g/mol. The van der Waals surface area contributed by atoms with Crippen molar-refractivity contribution in [2.45, 2.75) is 6.42 Å². The molecule has 0 atom stereocenters. The monoisotopic (exact) mass is 364 g/mol. The van der Waals surface area contributed by atoms with Gasteiger partial charge < -0.3 is 20.0 Å². The van der Waals surface area contributed by atoms with Crippen molar-refractivity contribution in [3.63, 3.8) is 0 Å². The Hall–Kier alpha value is -3.54. The molecule has 0 aliphatic heterocycles. The van der Waals surface area contributed by atoms with Crippen molar-refractivity contribution < 1.29 is 19.1 Å². The fourth-order valence-corrected chi connectivity index (χ4v) is 2.52. The van der Waals surface area contributed by atoms with E-state index in [1.165, 1.54) is 0 Å². The van der Waals surface area contributed by atoms with E-state index >= 15 is 0 Å². The van der Waals surface area contributed by atoms with E-state index in [-0.39, 0.29) is 12.4 Å². The van der Waals surface area contributed by atoms with Gasteiger partial charge in [-0.25, -0.2) is 4.79 Å². The SMILES string of the molecule is COc1ccc(C/C(N)=N\OC(=O)COc2ccc3ccccc3c2)cc1. The van der Waals surface area contributed by atoms with Crippen LogP contribution < -0.4 is 15.2 Å². The average Bonchev–Trinajstić information content (AvgIpc) is 2.71. The summed E-state index contributed by atoms with van der Waals surface area (Å²) < 4.78 is 10.5. The summed E-state index contributed by atoms with van der Waals surface area (Å²) in [6.45, 7) is -0.252. The maximum Gasteiger partial charge on any atom is 0.372 e. The molecule has 0 spiro atoms. The van der Waals surface area contributed by atoms with Crippen molar-refractivity contribution in [1.29, 1.82) is 0 Å². The molecule has 3 aromatic carbocycles. The standard InChI is InChI=1S/C21H20N2O4/c1-25-18-9-6-15(7-10-18)12-20(22)23-27-21(24)14-26-19-11-8-16-4-2-3-5-17(16)13-19/h2-11,13H,12,14H2,1H3,(H2,22,23). The fourth-order valence-electron chi connectivity index (χ4n) is 2.52. The van der Waals surface area contributed by atoms with Crippen LogP contribution in [0.4, 0.5) is 0 Å². The minimum Gasteiger partial charge on any atom is -0.497 e. The zero-order valence-corrected chi connectivity index (χ0v) is 14.9. The summed E-state index contributed by atoms with van der Waals surface area (Å²) in [5.41, 5.74) is 6.73. The number of methoxy groups -OCH3 is 1. The van der Waals surface area contributed by atoms with Gasteiger partial charge in [0.1, 0.15) is 17.3 Å². The molecule has 3 rings (SSSR count). The van der Waals surface area contributed by atoms with Gasteiger partial charge in [0.2, 0.25) is 0 Å². The van der Waals surface area contributed by atoms with Gasteiger partial charge >= 0.3 is 5.97 Å². The molecule has 0 amide bonds. The van der Waals surface area contributed by atoms with Gasteiger partial charge in [-0.2, -0.15) is 0 Å². The number of carbonyl (C=O) groups excluding carboxylic acids is 1. The first kappa shape index (κ1) is 18.3. The van der Waals surface area contributed by atoms with Crippen LogP contribution in [0.15, 0.2) is 71.9 Å². The molecule has 138 valence electrons. The molecular formula is C21H20N2O4. The number of rotatable bonds is 7. The van der Waals surface area contributed by atoms with Gasteiger partial charge in [-0.3, -0.25) is 0 Å². The van der Waals surface area contributed by atoms with Crippen LogP contribution in [0.1, 0.15) is 5.56 Å². The van der Waals surface area contributed by atoms with Crippen LogP contribution in [-0.4, -0.2) is 25.5 Å². The largest absolute Gasteiger partial charge is 0.497 e. The zero-order valence-electron chi connectivity index (χ0n) is 14.9. The van der Waals surface area contributed by atoms with E-state index in [9.17, 15) is 4.79 Å². The van der Waals surface area contributed by atoms with Gasteiger partial charge in [0, 0.05) is 6.42 Å². The normalized spacial score (nSPS) is 11.2. The van der Waals surface area contributed by atoms with Crippen molar-refractivity contribution in [2.75, 3.05) is 13.7 Å². The number of nitrogens with two attached hydrogens (primary N) is 1. The summed E-state index contributed by atoms with van der Waals surface area (Å²) in [4.78, 5) is 16.6. The molecule has 0 bridgehead atoms. The van der Waals surface area contributed by atoms with Crippen molar-refractivity contribution >= 4 is 22.6 Å². The Labute approximate surface area is 157 Å². The second kappa shape index (κ2) is 8.71. The van der Waals surface area contributed by atoms with Crippen molar-refractivity contribution in [1.82, 2.24) is 0 Å². The first-order valence-corrected chi connectivity index (χ1v) is 8.41. The second-order valence-corrected chi connectivity index (χ2v) is 5.87. The maximum absolute atomic E-state index is 11.8. The Morgan fingerprint density at radius 2 is 1.67 bits per heavy atom. The summed E-state index contributed by atoms with van der Waals surface area (Å²) >= 11 is 0. The molecule has 6 nitrogen and oxygen atoms in total. The zero-order chi connectivity index (χ0) is 19.1. The Bertz CT molecular complexity index is 952. The van der Waals surface area contributed by atoms with E-state index in [1.807, 2.05) is 60.7 Å². The van der Waals surface area contributed by atoms with Gasteiger partial charge in [0.25, 0.3) is 0 Å². The smallest absolute Gasteiger partial charge is 0.372 e.